The quantitative estimate of drug-likeness (QED) is 0.378. The van der Waals surface area contributed by atoms with Crippen molar-refractivity contribution in [3.8, 4) is 0 Å². The summed E-state index contributed by atoms with van der Waals surface area (Å²) in [6, 6.07) is 8.53. The highest BCUT2D eigenvalue weighted by molar-refractivity contribution is 7.99. The van der Waals surface area contributed by atoms with Crippen LogP contribution in [0.5, 0.6) is 0 Å². The zero-order chi connectivity index (χ0) is 19.2. The summed E-state index contributed by atoms with van der Waals surface area (Å²) in [7, 11) is 2.01. The van der Waals surface area contributed by atoms with Gasteiger partial charge < -0.3 is 9.88 Å². The maximum absolute atomic E-state index is 4.42. The summed E-state index contributed by atoms with van der Waals surface area (Å²) in [6.45, 7) is 13.5. The molecule has 2 rings (SSSR count). The zero-order valence-corrected chi connectivity index (χ0v) is 16.4. The van der Waals surface area contributed by atoms with E-state index >= 15 is 0 Å². The first-order valence-corrected chi connectivity index (χ1v) is 9.10. The number of nitrogens with zero attached hydrogens (tertiary/aromatic N) is 2. The third-order valence-electron chi connectivity index (χ3n) is 3.16. The fourth-order valence-electron chi connectivity index (χ4n) is 1.85. The lowest BCUT2D eigenvalue weighted by Crippen LogP contribution is -2.01. The van der Waals surface area contributed by atoms with Crippen molar-refractivity contribution in [2.24, 2.45) is 7.05 Å². The van der Waals surface area contributed by atoms with E-state index in [4.69, 9.17) is 0 Å². The number of aryl methyl sites for hydroxylation is 2. The van der Waals surface area contributed by atoms with Gasteiger partial charge in [-0.15, -0.1) is 6.58 Å². The molecule has 1 heterocycles. The maximum atomic E-state index is 4.42. The third kappa shape index (κ3) is 7.90. The molecular formula is C22H27N3S. The molecule has 136 valence electrons. The second-order valence-electron chi connectivity index (χ2n) is 5.34. The first-order chi connectivity index (χ1) is 12.6. The van der Waals surface area contributed by atoms with Crippen molar-refractivity contribution in [1.29, 1.82) is 0 Å². The summed E-state index contributed by atoms with van der Waals surface area (Å²) < 4.78 is 2.04. The fourth-order valence-corrected chi connectivity index (χ4v) is 2.76. The van der Waals surface area contributed by atoms with Gasteiger partial charge in [0.05, 0.1) is 12.0 Å². The van der Waals surface area contributed by atoms with E-state index in [9.17, 15) is 0 Å². The molecule has 0 radical (unpaired) electrons. The van der Waals surface area contributed by atoms with E-state index in [1.165, 1.54) is 10.5 Å². The van der Waals surface area contributed by atoms with Crippen LogP contribution in [-0.4, -0.2) is 16.1 Å². The van der Waals surface area contributed by atoms with Crippen LogP contribution in [0.3, 0.4) is 0 Å². The Balaban J connectivity index is 0.000000487. The molecule has 0 amide bonds. The van der Waals surface area contributed by atoms with Crippen LogP contribution in [0.4, 0.5) is 0 Å². The van der Waals surface area contributed by atoms with Gasteiger partial charge in [0.2, 0.25) is 0 Å². The largest absolute Gasteiger partial charge is 0.388 e. The lowest BCUT2D eigenvalue weighted by atomic mass is 10.2. The third-order valence-corrected chi connectivity index (χ3v) is 4.36. The Morgan fingerprint density at radius 2 is 1.85 bits per heavy atom. The van der Waals surface area contributed by atoms with E-state index in [2.05, 4.69) is 61.2 Å². The first kappa shape index (κ1) is 21.3. The van der Waals surface area contributed by atoms with E-state index < -0.39 is 0 Å². The number of rotatable bonds is 8. The number of aromatic nitrogens is 2. The smallest absolute Gasteiger partial charge is 0.107 e. The molecule has 0 saturated heterocycles. The predicted molar refractivity (Wildman–Crippen MR) is 115 cm³/mol. The van der Waals surface area contributed by atoms with Crippen LogP contribution >= 0.6 is 11.8 Å². The van der Waals surface area contributed by atoms with E-state index in [0.29, 0.717) is 0 Å². The molecule has 0 bridgehead atoms. The molecule has 26 heavy (non-hydrogen) atoms. The van der Waals surface area contributed by atoms with Gasteiger partial charge in [-0.05, 0) is 31.3 Å². The summed E-state index contributed by atoms with van der Waals surface area (Å²) in [5, 5.41) is 3.98. The molecule has 0 unspecified atom stereocenters. The Kier molecular flexibility index (Phi) is 10.3. The van der Waals surface area contributed by atoms with Gasteiger partial charge >= 0.3 is 0 Å². The number of hydrogen-bond donors (Lipinski definition) is 1. The van der Waals surface area contributed by atoms with Crippen LogP contribution in [0.15, 0.2) is 96.8 Å². The van der Waals surface area contributed by atoms with Gasteiger partial charge in [0.15, 0.2) is 0 Å². The molecule has 1 aromatic carbocycles. The van der Waals surface area contributed by atoms with Crippen LogP contribution in [0.2, 0.25) is 0 Å². The molecule has 0 aliphatic heterocycles. The number of imidazole rings is 1. The topological polar surface area (TPSA) is 29.9 Å². The minimum atomic E-state index is 0.809. The summed E-state index contributed by atoms with van der Waals surface area (Å²) in [6.07, 6.45) is 14.8. The Labute approximate surface area is 161 Å². The van der Waals surface area contributed by atoms with E-state index in [-0.39, 0.29) is 0 Å². The van der Waals surface area contributed by atoms with Crippen molar-refractivity contribution in [2.75, 3.05) is 6.54 Å². The molecule has 4 heteroatoms. The highest BCUT2D eigenvalue weighted by Gasteiger charge is 2.07. The number of benzene rings is 1. The molecule has 0 saturated carbocycles. The standard InChI is InChI=1S/C17H18N2S.C5H9N/c1-4-5-6-7-8-16-17(19(3)13-18-16)20-15-11-9-14(2)10-12-15;1-3-5-6-4-2/h4-13H,1H2,2-3H3;3-4,6H,1-2,5H2/b6-5-,8-7+;. The molecule has 1 aromatic heterocycles. The molecule has 0 aliphatic rings. The SMILES string of the molecule is C=C/C=C\C=C\c1ncn(C)c1Sc1ccc(C)cc1.C=CCNC=C. The van der Waals surface area contributed by atoms with Crippen LogP contribution in [0.25, 0.3) is 6.08 Å². The Morgan fingerprint density at radius 1 is 1.12 bits per heavy atom. The molecule has 0 fully saturated rings. The number of allylic oxidation sites excluding steroid dienone is 4. The molecular weight excluding hydrogens is 338 g/mol. The van der Waals surface area contributed by atoms with Gasteiger partial charge in [0.25, 0.3) is 0 Å². The summed E-state index contributed by atoms with van der Waals surface area (Å²) in [5.74, 6) is 0. The normalized spacial score (nSPS) is 10.4. The van der Waals surface area contributed by atoms with Gasteiger partial charge in [-0.1, -0.05) is 73.0 Å². The molecule has 3 nitrogen and oxygen atoms in total. The van der Waals surface area contributed by atoms with Gasteiger partial charge in [0, 0.05) is 18.5 Å². The molecule has 1 N–H and O–H groups in total. The van der Waals surface area contributed by atoms with Crippen molar-refractivity contribution in [1.82, 2.24) is 14.9 Å². The summed E-state index contributed by atoms with van der Waals surface area (Å²) in [5.41, 5.74) is 2.25. The molecule has 0 atom stereocenters. The monoisotopic (exact) mass is 365 g/mol. The van der Waals surface area contributed by atoms with Crippen LogP contribution < -0.4 is 5.32 Å². The molecule has 0 spiro atoms. The second kappa shape index (κ2) is 12.6. The fraction of sp³-hybridized carbons (Fsp3) is 0.136. The van der Waals surface area contributed by atoms with Crippen molar-refractivity contribution in [3.63, 3.8) is 0 Å². The van der Waals surface area contributed by atoms with Crippen molar-refractivity contribution in [2.45, 2.75) is 16.8 Å². The average Bonchev–Trinajstić information content (AvgIpc) is 2.99. The van der Waals surface area contributed by atoms with E-state index in [1.807, 2.05) is 42.2 Å². The summed E-state index contributed by atoms with van der Waals surface area (Å²) >= 11 is 1.72. The van der Waals surface area contributed by atoms with Crippen LogP contribution in [0.1, 0.15) is 11.3 Å². The average molecular weight is 366 g/mol. The van der Waals surface area contributed by atoms with E-state index in [1.54, 1.807) is 30.1 Å². The van der Waals surface area contributed by atoms with Gasteiger partial charge in [-0.3, -0.25) is 0 Å². The maximum Gasteiger partial charge on any atom is 0.107 e. The Morgan fingerprint density at radius 3 is 2.42 bits per heavy atom. The van der Waals surface area contributed by atoms with Gasteiger partial charge in [0.1, 0.15) is 5.03 Å². The lowest BCUT2D eigenvalue weighted by Gasteiger charge is -2.04. The van der Waals surface area contributed by atoms with Gasteiger partial charge in [-0.2, -0.15) is 0 Å². The van der Waals surface area contributed by atoms with E-state index in [0.717, 1.165) is 17.3 Å². The highest BCUT2D eigenvalue weighted by atomic mass is 32.2. The zero-order valence-electron chi connectivity index (χ0n) is 15.6. The van der Waals surface area contributed by atoms with Crippen LogP contribution in [0, 0.1) is 6.92 Å². The van der Waals surface area contributed by atoms with Gasteiger partial charge in [-0.25, -0.2) is 4.98 Å². The number of hydrogen-bond acceptors (Lipinski definition) is 3. The highest BCUT2D eigenvalue weighted by Crippen LogP contribution is 2.30. The van der Waals surface area contributed by atoms with Crippen molar-refractivity contribution in [3.05, 3.63) is 98.2 Å². The van der Waals surface area contributed by atoms with Crippen molar-refractivity contribution < 1.29 is 0 Å². The Hall–Kier alpha value is -2.72. The first-order valence-electron chi connectivity index (χ1n) is 8.29. The summed E-state index contributed by atoms with van der Waals surface area (Å²) in [4.78, 5) is 5.64. The minimum absolute atomic E-state index is 0.809. The second-order valence-corrected chi connectivity index (χ2v) is 6.40. The Bertz CT molecular complexity index is 744. The molecule has 0 aliphatic carbocycles. The van der Waals surface area contributed by atoms with Crippen molar-refractivity contribution >= 4 is 17.8 Å². The van der Waals surface area contributed by atoms with Crippen LogP contribution in [-0.2, 0) is 7.05 Å². The minimum Gasteiger partial charge on any atom is -0.388 e. The predicted octanol–water partition coefficient (Wildman–Crippen LogP) is 5.54. The lowest BCUT2D eigenvalue weighted by molar-refractivity contribution is 0.822. The number of nitrogens with one attached hydrogen (secondary N) is 1. The molecule has 2 aromatic rings.